The zero-order valence-corrected chi connectivity index (χ0v) is 10.4. The minimum Gasteiger partial charge on any atom is -0.480 e. The van der Waals surface area contributed by atoms with Crippen molar-refractivity contribution in [2.75, 3.05) is 13.6 Å². The molecule has 6 heteroatoms. The van der Waals surface area contributed by atoms with Crippen molar-refractivity contribution in [2.45, 2.75) is 32.7 Å². The van der Waals surface area contributed by atoms with Gasteiger partial charge in [-0.15, -0.1) is 0 Å². The first kappa shape index (κ1) is 15.2. The Morgan fingerprint density at radius 3 is 2.53 bits per heavy atom. The first-order valence-electron chi connectivity index (χ1n) is 5.55. The van der Waals surface area contributed by atoms with Crippen molar-refractivity contribution in [1.82, 2.24) is 10.2 Å². The molecule has 0 rings (SSSR count). The molecule has 0 heterocycles. The van der Waals surface area contributed by atoms with Crippen LogP contribution in [0.5, 0.6) is 0 Å². The summed E-state index contributed by atoms with van der Waals surface area (Å²) in [5, 5.41) is 19.8. The fourth-order valence-electron chi connectivity index (χ4n) is 1.25. The Kier molecular flexibility index (Phi) is 6.71. The van der Waals surface area contributed by atoms with Gasteiger partial charge in [0.2, 0.25) is 0 Å². The molecule has 0 aromatic rings. The van der Waals surface area contributed by atoms with Crippen molar-refractivity contribution in [3.8, 4) is 6.07 Å². The molecule has 17 heavy (non-hydrogen) atoms. The standard InChI is InChI=1S/C11H19N3O3/c1-4-8(2)9(10(15)16)13-11(17)14(3)7-5-6-12/h8-9H,4-5,7H2,1-3H3,(H,13,17)(H,15,16). The summed E-state index contributed by atoms with van der Waals surface area (Å²) in [6.07, 6.45) is 0.893. The zero-order valence-electron chi connectivity index (χ0n) is 10.4. The van der Waals surface area contributed by atoms with Gasteiger partial charge in [0, 0.05) is 13.6 Å². The number of urea groups is 1. The first-order valence-corrected chi connectivity index (χ1v) is 5.55. The maximum absolute atomic E-state index is 11.6. The lowest BCUT2D eigenvalue weighted by Gasteiger charge is -2.23. The molecule has 96 valence electrons. The van der Waals surface area contributed by atoms with Crippen molar-refractivity contribution in [3.05, 3.63) is 0 Å². The molecular formula is C11H19N3O3. The molecule has 2 unspecified atom stereocenters. The van der Waals surface area contributed by atoms with Gasteiger partial charge in [-0.2, -0.15) is 5.26 Å². The lowest BCUT2D eigenvalue weighted by molar-refractivity contribution is -0.140. The van der Waals surface area contributed by atoms with Gasteiger partial charge in [-0.25, -0.2) is 9.59 Å². The third-order valence-corrected chi connectivity index (χ3v) is 2.66. The number of carbonyl (C=O) groups excluding carboxylic acids is 1. The highest BCUT2D eigenvalue weighted by Crippen LogP contribution is 2.08. The second-order valence-corrected chi connectivity index (χ2v) is 3.98. The molecule has 2 N–H and O–H groups in total. The van der Waals surface area contributed by atoms with Gasteiger partial charge in [-0.1, -0.05) is 20.3 Å². The number of aliphatic carboxylic acids is 1. The number of nitrogens with zero attached hydrogens (tertiary/aromatic N) is 2. The zero-order chi connectivity index (χ0) is 13.4. The molecule has 0 aliphatic carbocycles. The van der Waals surface area contributed by atoms with Crippen LogP contribution in [-0.2, 0) is 4.79 Å². The minimum absolute atomic E-state index is 0.138. The molecule has 0 spiro atoms. The van der Waals surface area contributed by atoms with E-state index in [0.717, 1.165) is 0 Å². The second-order valence-electron chi connectivity index (χ2n) is 3.98. The predicted octanol–water partition coefficient (Wildman–Crippen LogP) is 1.04. The van der Waals surface area contributed by atoms with Crippen LogP contribution in [0.2, 0.25) is 0 Å². The topological polar surface area (TPSA) is 93.4 Å². The Hall–Kier alpha value is -1.77. The summed E-state index contributed by atoms with van der Waals surface area (Å²) in [4.78, 5) is 23.9. The van der Waals surface area contributed by atoms with E-state index >= 15 is 0 Å². The molecule has 0 fully saturated rings. The van der Waals surface area contributed by atoms with Crippen molar-refractivity contribution >= 4 is 12.0 Å². The molecule has 0 aromatic carbocycles. The molecule has 0 aliphatic rings. The summed E-state index contributed by atoms with van der Waals surface area (Å²) in [6, 6.07) is 0.569. The molecule has 2 atom stereocenters. The van der Waals surface area contributed by atoms with E-state index in [1.165, 1.54) is 11.9 Å². The molecule has 2 amide bonds. The van der Waals surface area contributed by atoms with Crippen LogP contribution in [0.1, 0.15) is 26.7 Å². The largest absolute Gasteiger partial charge is 0.480 e. The third-order valence-electron chi connectivity index (χ3n) is 2.66. The fourth-order valence-corrected chi connectivity index (χ4v) is 1.25. The van der Waals surface area contributed by atoms with E-state index < -0.39 is 18.0 Å². The maximum atomic E-state index is 11.6. The van der Waals surface area contributed by atoms with Gasteiger partial charge in [0.25, 0.3) is 0 Å². The fraction of sp³-hybridized carbons (Fsp3) is 0.727. The van der Waals surface area contributed by atoms with Gasteiger partial charge in [-0.3, -0.25) is 0 Å². The Bertz CT molecular complexity index is 312. The molecule has 0 saturated heterocycles. The number of rotatable bonds is 6. The SMILES string of the molecule is CCC(C)C(NC(=O)N(C)CCC#N)C(=O)O. The smallest absolute Gasteiger partial charge is 0.326 e. The van der Waals surface area contributed by atoms with Gasteiger partial charge in [0.1, 0.15) is 6.04 Å². The summed E-state index contributed by atoms with van der Waals surface area (Å²) in [6.45, 7) is 3.93. The average molecular weight is 241 g/mol. The van der Waals surface area contributed by atoms with Crippen molar-refractivity contribution in [1.29, 1.82) is 5.26 Å². The number of carboxylic acid groups (broad SMARTS) is 1. The molecule has 0 aliphatic heterocycles. The Labute approximate surface area is 101 Å². The third kappa shape index (κ3) is 5.20. The number of nitrogens with one attached hydrogen (secondary N) is 1. The molecule has 0 aromatic heterocycles. The van der Waals surface area contributed by atoms with Gasteiger partial charge < -0.3 is 15.3 Å². The lowest BCUT2D eigenvalue weighted by Crippen LogP contribution is -2.49. The number of carboxylic acids is 1. The Balaban J connectivity index is 4.41. The van der Waals surface area contributed by atoms with Crippen LogP contribution in [0, 0.1) is 17.2 Å². The monoisotopic (exact) mass is 241 g/mol. The summed E-state index contributed by atoms with van der Waals surface area (Å²) in [5.74, 6) is -1.18. The molecular weight excluding hydrogens is 222 g/mol. The van der Waals surface area contributed by atoms with Crippen LogP contribution in [0.4, 0.5) is 4.79 Å². The highest BCUT2D eigenvalue weighted by Gasteiger charge is 2.26. The van der Waals surface area contributed by atoms with Crippen LogP contribution in [0.3, 0.4) is 0 Å². The predicted molar refractivity (Wildman–Crippen MR) is 62.3 cm³/mol. The lowest BCUT2D eigenvalue weighted by atomic mass is 9.99. The van der Waals surface area contributed by atoms with Gasteiger partial charge in [-0.05, 0) is 5.92 Å². The number of carbonyl (C=O) groups is 2. The van der Waals surface area contributed by atoms with Gasteiger partial charge >= 0.3 is 12.0 Å². The van der Waals surface area contributed by atoms with Gasteiger partial charge in [0.05, 0.1) is 12.5 Å². The van der Waals surface area contributed by atoms with E-state index in [0.29, 0.717) is 6.42 Å². The Morgan fingerprint density at radius 1 is 1.53 bits per heavy atom. The summed E-state index contributed by atoms with van der Waals surface area (Å²) >= 11 is 0. The minimum atomic E-state index is -1.04. The maximum Gasteiger partial charge on any atom is 0.326 e. The van der Waals surface area contributed by atoms with E-state index in [2.05, 4.69) is 5.32 Å². The molecule has 6 nitrogen and oxygen atoms in total. The second kappa shape index (κ2) is 7.49. The van der Waals surface area contributed by atoms with Crippen LogP contribution < -0.4 is 5.32 Å². The van der Waals surface area contributed by atoms with Crippen LogP contribution >= 0.6 is 0 Å². The van der Waals surface area contributed by atoms with Crippen molar-refractivity contribution in [2.24, 2.45) is 5.92 Å². The van der Waals surface area contributed by atoms with Crippen LogP contribution in [-0.4, -0.2) is 41.6 Å². The van der Waals surface area contributed by atoms with Crippen molar-refractivity contribution < 1.29 is 14.7 Å². The number of hydrogen-bond acceptors (Lipinski definition) is 3. The quantitative estimate of drug-likeness (QED) is 0.726. The first-order chi connectivity index (χ1) is 7.93. The molecule has 0 saturated carbocycles. The number of amides is 2. The molecule has 0 bridgehead atoms. The van der Waals surface area contributed by atoms with Crippen LogP contribution in [0.25, 0.3) is 0 Å². The van der Waals surface area contributed by atoms with E-state index in [1.54, 1.807) is 6.92 Å². The molecule has 0 radical (unpaired) electrons. The van der Waals surface area contributed by atoms with E-state index in [4.69, 9.17) is 10.4 Å². The highest BCUT2D eigenvalue weighted by molar-refractivity contribution is 5.82. The summed E-state index contributed by atoms with van der Waals surface area (Å²) < 4.78 is 0. The van der Waals surface area contributed by atoms with Crippen molar-refractivity contribution in [3.63, 3.8) is 0 Å². The number of hydrogen-bond donors (Lipinski definition) is 2. The number of nitriles is 1. The summed E-state index contributed by atoms with van der Waals surface area (Å²) in [7, 11) is 1.53. The highest BCUT2D eigenvalue weighted by atomic mass is 16.4. The van der Waals surface area contributed by atoms with Gasteiger partial charge in [0.15, 0.2) is 0 Å². The van der Waals surface area contributed by atoms with Crippen LogP contribution in [0.15, 0.2) is 0 Å². The average Bonchev–Trinajstić information content (AvgIpc) is 2.31. The van der Waals surface area contributed by atoms with E-state index in [-0.39, 0.29) is 18.9 Å². The van der Waals surface area contributed by atoms with E-state index in [1.807, 2.05) is 13.0 Å². The van der Waals surface area contributed by atoms with E-state index in [9.17, 15) is 9.59 Å². The summed E-state index contributed by atoms with van der Waals surface area (Å²) in [5.41, 5.74) is 0. The Morgan fingerprint density at radius 2 is 2.12 bits per heavy atom. The normalized spacial score (nSPS) is 13.3.